The number of aliphatic carboxylic acids is 1. The van der Waals surface area contributed by atoms with Crippen molar-refractivity contribution in [3.63, 3.8) is 0 Å². The van der Waals surface area contributed by atoms with E-state index in [-0.39, 0.29) is 12.6 Å². The Labute approximate surface area is 113 Å². The van der Waals surface area contributed by atoms with Crippen LogP contribution in [-0.4, -0.2) is 52.3 Å². The minimum Gasteiger partial charge on any atom is -0.480 e. The molecule has 1 saturated heterocycles. The lowest BCUT2D eigenvalue weighted by Gasteiger charge is -2.30. The van der Waals surface area contributed by atoms with Crippen LogP contribution < -0.4 is 5.32 Å². The quantitative estimate of drug-likeness (QED) is 0.674. The summed E-state index contributed by atoms with van der Waals surface area (Å²) in [7, 11) is 0. The molecule has 19 heavy (non-hydrogen) atoms. The van der Waals surface area contributed by atoms with Gasteiger partial charge in [0.25, 0.3) is 0 Å². The van der Waals surface area contributed by atoms with E-state index >= 15 is 0 Å². The summed E-state index contributed by atoms with van der Waals surface area (Å²) in [5.41, 5.74) is -1.17. The van der Waals surface area contributed by atoms with Gasteiger partial charge in [0, 0.05) is 19.7 Å². The molecule has 1 unspecified atom stereocenters. The van der Waals surface area contributed by atoms with Gasteiger partial charge in [-0.1, -0.05) is 13.8 Å². The summed E-state index contributed by atoms with van der Waals surface area (Å²) in [6.45, 7) is 4.87. The monoisotopic (exact) mass is 272 g/mol. The first-order chi connectivity index (χ1) is 8.99. The number of hydrogen-bond donors (Lipinski definition) is 3. The number of rotatable bonds is 6. The van der Waals surface area contributed by atoms with E-state index in [0.717, 1.165) is 6.42 Å². The third-order valence-electron chi connectivity index (χ3n) is 4.07. The van der Waals surface area contributed by atoms with E-state index < -0.39 is 11.5 Å². The molecule has 110 valence electrons. The molecule has 0 aromatic carbocycles. The largest absolute Gasteiger partial charge is 0.480 e. The van der Waals surface area contributed by atoms with Crippen molar-refractivity contribution in [1.29, 1.82) is 0 Å². The fourth-order valence-corrected chi connectivity index (χ4v) is 2.50. The first-order valence-electron chi connectivity index (χ1n) is 6.90. The molecule has 0 saturated carbocycles. The van der Waals surface area contributed by atoms with Crippen molar-refractivity contribution in [3.8, 4) is 0 Å². The van der Waals surface area contributed by atoms with Crippen molar-refractivity contribution >= 4 is 12.0 Å². The molecule has 0 aromatic heterocycles. The number of nitrogens with one attached hydrogen (secondary N) is 1. The standard InChI is InChI=1S/C13H24N2O4/c1-3-13(4-2,11(17)18)14-12(19)15-7-5-10(9-15)6-8-16/h10,16H,3-9H2,1-2H3,(H,14,19)(H,17,18). The Morgan fingerprint density at radius 1 is 1.37 bits per heavy atom. The fourth-order valence-electron chi connectivity index (χ4n) is 2.50. The van der Waals surface area contributed by atoms with Crippen molar-refractivity contribution in [3.05, 3.63) is 0 Å². The smallest absolute Gasteiger partial charge is 0.329 e. The number of likely N-dealkylation sites (tertiary alicyclic amines) is 1. The maximum atomic E-state index is 12.1. The molecule has 1 fully saturated rings. The number of aliphatic hydroxyl groups excluding tert-OH is 1. The molecule has 0 bridgehead atoms. The van der Waals surface area contributed by atoms with E-state index in [1.807, 2.05) is 0 Å². The zero-order chi connectivity index (χ0) is 14.5. The van der Waals surface area contributed by atoms with Crippen molar-refractivity contribution in [2.75, 3.05) is 19.7 Å². The Kier molecular flexibility index (Phi) is 5.60. The van der Waals surface area contributed by atoms with Crippen LogP contribution in [0.4, 0.5) is 4.79 Å². The average Bonchev–Trinajstić information content (AvgIpc) is 2.84. The van der Waals surface area contributed by atoms with Gasteiger partial charge < -0.3 is 20.4 Å². The maximum Gasteiger partial charge on any atom is 0.329 e. The van der Waals surface area contributed by atoms with Gasteiger partial charge in [0.05, 0.1) is 0 Å². The SMILES string of the molecule is CCC(CC)(NC(=O)N1CCC(CCO)C1)C(=O)O. The van der Waals surface area contributed by atoms with Crippen molar-refractivity contribution in [2.24, 2.45) is 5.92 Å². The summed E-state index contributed by atoms with van der Waals surface area (Å²) in [4.78, 5) is 25.1. The molecule has 1 heterocycles. The minimum atomic E-state index is -1.17. The molecule has 1 aliphatic heterocycles. The van der Waals surface area contributed by atoms with E-state index in [2.05, 4.69) is 5.32 Å². The summed E-state index contributed by atoms with van der Waals surface area (Å²) in [5, 5.41) is 20.8. The third kappa shape index (κ3) is 3.59. The summed E-state index contributed by atoms with van der Waals surface area (Å²) in [5.74, 6) is -0.671. The summed E-state index contributed by atoms with van der Waals surface area (Å²) in [6, 6.07) is -0.313. The zero-order valence-electron chi connectivity index (χ0n) is 11.7. The summed E-state index contributed by atoms with van der Waals surface area (Å²) in [6.07, 6.45) is 2.28. The number of urea groups is 1. The Morgan fingerprint density at radius 3 is 2.47 bits per heavy atom. The van der Waals surface area contributed by atoms with Gasteiger partial charge in [0.2, 0.25) is 0 Å². The predicted octanol–water partition coefficient (Wildman–Crippen LogP) is 1.04. The summed E-state index contributed by atoms with van der Waals surface area (Å²) >= 11 is 0. The molecule has 1 atom stereocenters. The molecule has 0 radical (unpaired) electrons. The molecule has 2 amide bonds. The number of carboxylic acids is 1. The van der Waals surface area contributed by atoms with E-state index in [1.165, 1.54) is 0 Å². The van der Waals surface area contributed by atoms with Crippen LogP contribution in [0, 0.1) is 5.92 Å². The van der Waals surface area contributed by atoms with Gasteiger partial charge in [-0.2, -0.15) is 0 Å². The molecule has 3 N–H and O–H groups in total. The lowest BCUT2D eigenvalue weighted by Crippen LogP contribution is -2.57. The minimum absolute atomic E-state index is 0.128. The van der Waals surface area contributed by atoms with E-state index in [9.17, 15) is 14.7 Å². The van der Waals surface area contributed by atoms with Gasteiger partial charge in [-0.25, -0.2) is 9.59 Å². The second-order valence-electron chi connectivity index (χ2n) is 5.14. The lowest BCUT2D eigenvalue weighted by molar-refractivity contribution is -0.144. The van der Waals surface area contributed by atoms with Crippen LogP contribution in [0.5, 0.6) is 0 Å². The van der Waals surface area contributed by atoms with Crippen molar-refractivity contribution < 1.29 is 19.8 Å². The zero-order valence-corrected chi connectivity index (χ0v) is 11.7. The maximum absolute atomic E-state index is 12.1. The van der Waals surface area contributed by atoms with Crippen molar-refractivity contribution in [1.82, 2.24) is 10.2 Å². The highest BCUT2D eigenvalue weighted by Crippen LogP contribution is 2.21. The Balaban J connectivity index is 2.61. The number of carbonyl (C=O) groups excluding carboxylic acids is 1. The molecule has 6 nitrogen and oxygen atoms in total. The normalized spacial score (nSPS) is 19.5. The number of nitrogens with zero attached hydrogens (tertiary/aromatic N) is 1. The van der Waals surface area contributed by atoms with Gasteiger partial charge in [-0.15, -0.1) is 0 Å². The fraction of sp³-hybridized carbons (Fsp3) is 0.846. The van der Waals surface area contributed by atoms with E-state index in [0.29, 0.717) is 38.3 Å². The van der Waals surface area contributed by atoms with Crippen LogP contribution in [0.3, 0.4) is 0 Å². The summed E-state index contributed by atoms with van der Waals surface area (Å²) < 4.78 is 0. The Bertz CT molecular complexity index is 329. The van der Waals surface area contributed by atoms with E-state index in [1.54, 1.807) is 18.7 Å². The van der Waals surface area contributed by atoms with Crippen LogP contribution in [0.2, 0.25) is 0 Å². The van der Waals surface area contributed by atoms with Crippen LogP contribution in [-0.2, 0) is 4.79 Å². The second-order valence-corrected chi connectivity index (χ2v) is 5.14. The highest BCUT2D eigenvalue weighted by molar-refractivity contribution is 5.86. The Morgan fingerprint density at radius 2 is 2.00 bits per heavy atom. The molecule has 1 rings (SSSR count). The predicted molar refractivity (Wildman–Crippen MR) is 70.9 cm³/mol. The van der Waals surface area contributed by atoms with Gasteiger partial charge >= 0.3 is 12.0 Å². The van der Waals surface area contributed by atoms with Crippen LogP contribution >= 0.6 is 0 Å². The topological polar surface area (TPSA) is 89.9 Å². The van der Waals surface area contributed by atoms with Gasteiger partial charge in [0.15, 0.2) is 0 Å². The molecular weight excluding hydrogens is 248 g/mol. The number of carboxylic acid groups (broad SMARTS) is 1. The van der Waals surface area contributed by atoms with Gasteiger partial charge in [0.1, 0.15) is 5.54 Å². The lowest BCUT2D eigenvalue weighted by atomic mass is 9.93. The molecular formula is C13H24N2O4. The van der Waals surface area contributed by atoms with Crippen LogP contribution in [0.15, 0.2) is 0 Å². The van der Waals surface area contributed by atoms with Gasteiger partial charge in [-0.05, 0) is 31.6 Å². The number of aliphatic hydroxyl groups is 1. The molecule has 0 aliphatic carbocycles. The first-order valence-corrected chi connectivity index (χ1v) is 6.90. The van der Waals surface area contributed by atoms with Gasteiger partial charge in [-0.3, -0.25) is 0 Å². The molecule has 0 aromatic rings. The second kappa shape index (κ2) is 6.75. The highest BCUT2D eigenvalue weighted by atomic mass is 16.4. The number of hydrogen-bond acceptors (Lipinski definition) is 3. The van der Waals surface area contributed by atoms with E-state index in [4.69, 9.17) is 5.11 Å². The number of carbonyl (C=O) groups is 2. The third-order valence-corrected chi connectivity index (χ3v) is 4.07. The van der Waals surface area contributed by atoms with Crippen molar-refractivity contribution in [2.45, 2.75) is 45.1 Å². The average molecular weight is 272 g/mol. The van der Waals surface area contributed by atoms with Crippen LogP contribution in [0.1, 0.15) is 39.5 Å². The molecule has 1 aliphatic rings. The highest BCUT2D eigenvalue weighted by Gasteiger charge is 2.38. The number of amides is 2. The van der Waals surface area contributed by atoms with Crippen LogP contribution in [0.25, 0.3) is 0 Å². The molecule has 0 spiro atoms. The molecule has 6 heteroatoms. The first kappa shape index (κ1) is 15.8. The Hall–Kier alpha value is -1.30.